The van der Waals surface area contributed by atoms with E-state index in [1.165, 1.54) is 6.08 Å². The summed E-state index contributed by atoms with van der Waals surface area (Å²) in [5.74, 6) is -0.0623. The minimum atomic E-state index is -0.805. The molecular formula is C10H10O4. The summed E-state index contributed by atoms with van der Waals surface area (Å²) in [6.07, 6.45) is 2.65. The number of hydrogen-bond acceptors (Lipinski definition) is 4. The summed E-state index contributed by atoms with van der Waals surface area (Å²) in [6, 6.07) is 7.09. The van der Waals surface area contributed by atoms with Crippen LogP contribution < -0.4 is 4.74 Å². The van der Waals surface area contributed by atoms with Crippen molar-refractivity contribution < 1.29 is 19.7 Å². The average molecular weight is 194 g/mol. The highest BCUT2D eigenvalue weighted by Crippen LogP contribution is 2.12. The van der Waals surface area contributed by atoms with Crippen molar-refractivity contribution in [1.82, 2.24) is 0 Å². The molecule has 74 valence electrons. The van der Waals surface area contributed by atoms with Crippen LogP contribution >= 0.6 is 0 Å². The molecule has 0 fully saturated rings. The van der Waals surface area contributed by atoms with Crippen molar-refractivity contribution >= 4 is 12.0 Å². The van der Waals surface area contributed by atoms with Gasteiger partial charge in [0.1, 0.15) is 5.75 Å². The molecule has 0 amide bonds. The van der Waals surface area contributed by atoms with Crippen LogP contribution in [0.25, 0.3) is 6.08 Å². The fourth-order valence-electron chi connectivity index (χ4n) is 0.910. The first kappa shape index (κ1) is 10.3. The Morgan fingerprint density at radius 2 is 2.00 bits per heavy atom. The SMILES string of the molecule is COc1ccc(/C=C/C(=O)OO)cc1. The van der Waals surface area contributed by atoms with E-state index in [4.69, 9.17) is 9.99 Å². The van der Waals surface area contributed by atoms with E-state index >= 15 is 0 Å². The summed E-state index contributed by atoms with van der Waals surface area (Å²) in [4.78, 5) is 14.0. The quantitative estimate of drug-likeness (QED) is 0.452. The number of ether oxygens (including phenoxy) is 1. The number of rotatable bonds is 3. The predicted octanol–water partition coefficient (Wildman–Crippen LogP) is 1.72. The molecule has 0 aromatic heterocycles. The number of benzene rings is 1. The monoisotopic (exact) mass is 194 g/mol. The lowest BCUT2D eigenvalue weighted by molar-refractivity contribution is -0.227. The number of hydrogen-bond donors (Lipinski definition) is 1. The fraction of sp³-hybridized carbons (Fsp3) is 0.100. The fourth-order valence-corrected chi connectivity index (χ4v) is 0.910. The van der Waals surface area contributed by atoms with Crippen molar-refractivity contribution in [2.45, 2.75) is 0 Å². The lowest BCUT2D eigenvalue weighted by Gasteiger charge is -1.98. The van der Waals surface area contributed by atoms with Gasteiger partial charge in [-0.2, -0.15) is 5.26 Å². The van der Waals surface area contributed by atoms with Gasteiger partial charge in [0.25, 0.3) is 0 Å². The number of methoxy groups -OCH3 is 1. The summed E-state index contributed by atoms with van der Waals surface area (Å²) in [5, 5.41) is 7.97. The van der Waals surface area contributed by atoms with E-state index < -0.39 is 5.97 Å². The first-order valence-corrected chi connectivity index (χ1v) is 3.94. The molecule has 0 radical (unpaired) electrons. The van der Waals surface area contributed by atoms with Gasteiger partial charge in [-0.1, -0.05) is 12.1 Å². The molecule has 1 aromatic carbocycles. The van der Waals surface area contributed by atoms with Crippen molar-refractivity contribution in [2.75, 3.05) is 7.11 Å². The Balaban J connectivity index is 2.68. The zero-order valence-electron chi connectivity index (χ0n) is 7.64. The minimum Gasteiger partial charge on any atom is -0.497 e. The van der Waals surface area contributed by atoms with E-state index in [0.717, 1.165) is 17.4 Å². The first-order chi connectivity index (χ1) is 6.76. The van der Waals surface area contributed by atoms with Gasteiger partial charge in [0.05, 0.1) is 7.11 Å². The van der Waals surface area contributed by atoms with Crippen molar-refractivity contribution in [3.05, 3.63) is 35.9 Å². The predicted molar refractivity (Wildman–Crippen MR) is 50.7 cm³/mol. The van der Waals surface area contributed by atoms with E-state index in [1.54, 1.807) is 31.4 Å². The van der Waals surface area contributed by atoms with Gasteiger partial charge in [-0.3, -0.25) is 4.89 Å². The Morgan fingerprint density at radius 1 is 1.36 bits per heavy atom. The molecule has 1 N–H and O–H groups in total. The molecule has 0 atom stereocenters. The van der Waals surface area contributed by atoms with Crippen LogP contribution in [0.2, 0.25) is 0 Å². The second kappa shape index (κ2) is 5.04. The molecule has 0 heterocycles. The molecule has 0 aliphatic rings. The zero-order chi connectivity index (χ0) is 10.4. The van der Waals surface area contributed by atoms with Gasteiger partial charge in [-0.15, -0.1) is 0 Å². The second-order valence-corrected chi connectivity index (χ2v) is 2.52. The van der Waals surface area contributed by atoms with Crippen molar-refractivity contribution in [1.29, 1.82) is 0 Å². The third-order valence-corrected chi connectivity index (χ3v) is 1.62. The molecule has 0 aliphatic carbocycles. The van der Waals surface area contributed by atoms with Crippen LogP contribution in [0.5, 0.6) is 5.75 Å². The van der Waals surface area contributed by atoms with Crippen LogP contribution in [0.1, 0.15) is 5.56 Å². The third kappa shape index (κ3) is 2.91. The topological polar surface area (TPSA) is 55.8 Å². The molecule has 0 unspecified atom stereocenters. The molecule has 0 saturated heterocycles. The molecule has 4 heteroatoms. The molecule has 1 rings (SSSR count). The Labute approximate surface area is 81.3 Å². The average Bonchev–Trinajstić information content (AvgIpc) is 2.26. The van der Waals surface area contributed by atoms with E-state index in [9.17, 15) is 4.79 Å². The first-order valence-electron chi connectivity index (χ1n) is 3.94. The highest BCUT2D eigenvalue weighted by atomic mass is 17.1. The Morgan fingerprint density at radius 3 is 2.50 bits per heavy atom. The third-order valence-electron chi connectivity index (χ3n) is 1.62. The standard InChI is InChI=1S/C10H10O4/c1-13-9-5-2-8(3-6-9)4-7-10(11)14-12/h2-7,12H,1H3/b7-4+. The van der Waals surface area contributed by atoms with Crippen LogP contribution in [0.15, 0.2) is 30.3 Å². The van der Waals surface area contributed by atoms with E-state index in [2.05, 4.69) is 4.89 Å². The molecule has 0 bridgehead atoms. The van der Waals surface area contributed by atoms with Crippen LogP contribution in [0, 0.1) is 0 Å². The number of carbonyl (C=O) groups excluding carboxylic acids is 1. The van der Waals surface area contributed by atoms with Gasteiger partial charge in [-0.25, -0.2) is 4.79 Å². The lowest BCUT2D eigenvalue weighted by atomic mass is 10.2. The van der Waals surface area contributed by atoms with Crippen LogP contribution in [0.4, 0.5) is 0 Å². The maximum absolute atomic E-state index is 10.5. The summed E-state index contributed by atoms with van der Waals surface area (Å²) in [6.45, 7) is 0. The normalized spacial score (nSPS) is 10.1. The van der Waals surface area contributed by atoms with E-state index in [0.29, 0.717) is 0 Å². The maximum Gasteiger partial charge on any atom is 0.365 e. The number of carbonyl (C=O) groups is 1. The van der Waals surface area contributed by atoms with Gasteiger partial charge in [0.2, 0.25) is 0 Å². The summed E-state index contributed by atoms with van der Waals surface area (Å²) < 4.78 is 4.96. The molecular weight excluding hydrogens is 184 g/mol. The van der Waals surface area contributed by atoms with E-state index in [-0.39, 0.29) is 0 Å². The molecule has 0 spiro atoms. The molecule has 14 heavy (non-hydrogen) atoms. The largest absolute Gasteiger partial charge is 0.497 e. The van der Waals surface area contributed by atoms with Gasteiger partial charge in [-0.05, 0) is 23.8 Å². The van der Waals surface area contributed by atoms with Crippen molar-refractivity contribution in [3.8, 4) is 5.75 Å². The molecule has 4 nitrogen and oxygen atoms in total. The molecule has 0 saturated carbocycles. The molecule has 0 aliphatic heterocycles. The Hall–Kier alpha value is -1.81. The van der Waals surface area contributed by atoms with Crippen LogP contribution in [-0.4, -0.2) is 18.3 Å². The highest BCUT2D eigenvalue weighted by Gasteiger charge is 1.94. The highest BCUT2D eigenvalue weighted by molar-refractivity contribution is 5.86. The van der Waals surface area contributed by atoms with Crippen molar-refractivity contribution in [2.24, 2.45) is 0 Å². The van der Waals surface area contributed by atoms with Gasteiger partial charge in [0, 0.05) is 6.08 Å². The van der Waals surface area contributed by atoms with Crippen LogP contribution in [-0.2, 0) is 9.68 Å². The second-order valence-electron chi connectivity index (χ2n) is 2.52. The Bertz CT molecular complexity index is 326. The Kier molecular flexibility index (Phi) is 3.69. The summed E-state index contributed by atoms with van der Waals surface area (Å²) >= 11 is 0. The van der Waals surface area contributed by atoms with E-state index in [1.807, 2.05) is 0 Å². The summed E-state index contributed by atoms with van der Waals surface area (Å²) in [7, 11) is 1.58. The molecule has 1 aromatic rings. The summed E-state index contributed by atoms with van der Waals surface area (Å²) in [5.41, 5.74) is 0.816. The van der Waals surface area contributed by atoms with Gasteiger partial charge in [0.15, 0.2) is 0 Å². The maximum atomic E-state index is 10.5. The van der Waals surface area contributed by atoms with Gasteiger partial charge < -0.3 is 4.74 Å². The minimum absolute atomic E-state index is 0.742. The van der Waals surface area contributed by atoms with Crippen molar-refractivity contribution in [3.63, 3.8) is 0 Å². The smallest absolute Gasteiger partial charge is 0.365 e. The zero-order valence-corrected chi connectivity index (χ0v) is 7.64. The lowest BCUT2D eigenvalue weighted by Crippen LogP contribution is -1.93. The van der Waals surface area contributed by atoms with Gasteiger partial charge >= 0.3 is 5.97 Å². The van der Waals surface area contributed by atoms with Crippen LogP contribution in [0.3, 0.4) is 0 Å².